The molecule has 0 saturated carbocycles. The van der Waals surface area contributed by atoms with Crippen LogP contribution in [0.25, 0.3) is 0 Å². The molecule has 0 radical (unpaired) electrons. The highest BCUT2D eigenvalue weighted by Gasteiger charge is 2.27. The fourth-order valence-corrected chi connectivity index (χ4v) is 2.60. The standard InChI is InChI=1S/C12H22N6O/c1-8-7-18(6-5-16(8)3)12-10(11(13)15-19)9(2)14-17(12)4/h8,19H,5-7H2,1-4H3,(H2,13,15). The number of anilines is 1. The van der Waals surface area contributed by atoms with E-state index < -0.39 is 0 Å². The second kappa shape index (κ2) is 5.08. The van der Waals surface area contributed by atoms with E-state index in [4.69, 9.17) is 10.9 Å². The first-order valence-electron chi connectivity index (χ1n) is 6.42. The van der Waals surface area contributed by atoms with E-state index in [1.54, 1.807) is 4.68 Å². The van der Waals surface area contributed by atoms with Gasteiger partial charge < -0.3 is 20.7 Å². The van der Waals surface area contributed by atoms with Crippen molar-refractivity contribution in [3.63, 3.8) is 0 Å². The summed E-state index contributed by atoms with van der Waals surface area (Å²) in [5, 5.41) is 16.5. The average Bonchev–Trinajstić information content (AvgIpc) is 2.67. The molecule has 1 aliphatic rings. The maximum Gasteiger partial charge on any atom is 0.175 e. The number of hydrogen-bond acceptors (Lipinski definition) is 5. The Balaban J connectivity index is 2.39. The number of nitrogens with zero attached hydrogens (tertiary/aromatic N) is 5. The van der Waals surface area contributed by atoms with Gasteiger partial charge in [-0.15, -0.1) is 0 Å². The predicted molar refractivity (Wildman–Crippen MR) is 74.8 cm³/mol. The molecule has 3 N–H and O–H groups in total. The van der Waals surface area contributed by atoms with Crippen molar-refractivity contribution in [1.82, 2.24) is 14.7 Å². The number of amidine groups is 1. The Bertz CT molecular complexity index is 495. The van der Waals surface area contributed by atoms with Crippen molar-refractivity contribution in [2.45, 2.75) is 19.9 Å². The Hall–Kier alpha value is -1.76. The molecule has 0 amide bonds. The van der Waals surface area contributed by atoms with Crippen LogP contribution in [0.5, 0.6) is 0 Å². The molecular formula is C12H22N6O. The van der Waals surface area contributed by atoms with Crippen LogP contribution >= 0.6 is 0 Å². The zero-order valence-electron chi connectivity index (χ0n) is 12.0. The van der Waals surface area contributed by atoms with Crippen LogP contribution < -0.4 is 10.6 Å². The number of nitrogens with two attached hydrogens (primary N) is 1. The SMILES string of the molecule is Cc1nn(C)c(N2CCN(C)C(C)C2)c1C(N)=NO. The van der Waals surface area contributed by atoms with Crippen molar-refractivity contribution in [1.29, 1.82) is 0 Å². The van der Waals surface area contributed by atoms with E-state index in [-0.39, 0.29) is 5.84 Å². The van der Waals surface area contributed by atoms with Crippen LogP contribution in [0.1, 0.15) is 18.2 Å². The minimum absolute atomic E-state index is 0.118. The number of likely N-dealkylation sites (N-methyl/N-ethyl adjacent to an activating group) is 1. The number of aromatic nitrogens is 2. The zero-order chi connectivity index (χ0) is 14.2. The molecule has 0 spiro atoms. The van der Waals surface area contributed by atoms with E-state index in [9.17, 15) is 0 Å². The molecule has 19 heavy (non-hydrogen) atoms. The van der Waals surface area contributed by atoms with Gasteiger partial charge in [0.05, 0.1) is 11.3 Å². The summed E-state index contributed by atoms with van der Waals surface area (Å²) in [5.74, 6) is 1.04. The molecule has 0 bridgehead atoms. The first-order chi connectivity index (χ1) is 8.95. The minimum atomic E-state index is 0.118. The van der Waals surface area contributed by atoms with Gasteiger partial charge in [-0.05, 0) is 20.9 Å². The van der Waals surface area contributed by atoms with Gasteiger partial charge in [0, 0.05) is 32.7 Å². The summed E-state index contributed by atoms with van der Waals surface area (Å²) in [4.78, 5) is 4.57. The molecule has 1 aliphatic heterocycles. The highest BCUT2D eigenvalue weighted by atomic mass is 16.4. The number of hydrogen-bond donors (Lipinski definition) is 2. The number of rotatable bonds is 2. The van der Waals surface area contributed by atoms with E-state index in [1.807, 2.05) is 14.0 Å². The van der Waals surface area contributed by atoms with Crippen molar-refractivity contribution in [2.24, 2.45) is 17.9 Å². The Morgan fingerprint density at radius 1 is 1.42 bits per heavy atom. The van der Waals surface area contributed by atoms with Crippen molar-refractivity contribution in [3.8, 4) is 0 Å². The summed E-state index contributed by atoms with van der Waals surface area (Å²) >= 11 is 0. The first-order valence-corrected chi connectivity index (χ1v) is 6.42. The number of oxime groups is 1. The molecule has 2 rings (SSSR count). The maximum absolute atomic E-state index is 8.94. The smallest absolute Gasteiger partial charge is 0.175 e. The summed E-state index contributed by atoms with van der Waals surface area (Å²) in [6.07, 6.45) is 0. The van der Waals surface area contributed by atoms with Gasteiger partial charge in [-0.25, -0.2) is 0 Å². The normalized spacial score (nSPS) is 22.0. The lowest BCUT2D eigenvalue weighted by atomic mass is 10.1. The lowest BCUT2D eigenvalue weighted by Crippen LogP contribution is -2.51. The fraction of sp³-hybridized carbons (Fsp3) is 0.667. The summed E-state index contributed by atoms with van der Waals surface area (Å²) < 4.78 is 1.81. The fourth-order valence-electron chi connectivity index (χ4n) is 2.60. The molecule has 0 aliphatic carbocycles. The van der Waals surface area contributed by atoms with Gasteiger partial charge >= 0.3 is 0 Å². The van der Waals surface area contributed by atoms with E-state index >= 15 is 0 Å². The molecule has 1 unspecified atom stereocenters. The van der Waals surface area contributed by atoms with Crippen LogP contribution in [0.4, 0.5) is 5.82 Å². The summed E-state index contributed by atoms with van der Waals surface area (Å²) in [6, 6.07) is 0.462. The molecule has 1 aromatic heterocycles. The number of piperazine rings is 1. The molecule has 1 saturated heterocycles. The lowest BCUT2D eigenvalue weighted by Gasteiger charge is -2.39. The third kappa shape index (κ3) is 2.37. The Kier molecular flexibility index (Phi) is 3.66. The minimum Gasteiger partial charge on any atom is -0.409 e. The molecule has 1 atom stereocenters. The molecule has 0 aromatic carbocycles. The second-order valence-corrected chi connectivity index (χ2v) is 5.17. The van der Waals surface area contributed by atoms with Gasteiger partial charge in [-0.3, -0.25) is 4.68 Å². The van der Waals surface area contributed by atoms with E-state index in [1.165, 1.54) is 0 Å². The molecule has 2 heterocycles. The summed E-state index contributed by atoms with van der Waals surface area (Å²) in [6.45, 7) is 6.86. The van der Waals surface area contributed by atoms with Gasteiger partial charge in [0.2, 0.25) is 0 Å². The Morgan fingerprint density at radius 3 is 2.68 bits per heavy atom. The van der Waals surface area contributed by atoms with Gasteiger partial charge in [-0.2, -0.15) is 5.10 Å². The van der Waals surface area contributed by atoms with Gasteiger partial charge in [0.15, 0.2) is 5.84 Å². The van der Waals surface area contributed by atoms with Crippen LogP contribution in [0.3, 0.4) is 0 Å². The van der Waals surface area contributed by atoms with Crippen LogP contribution in [-0.2, 0) is 7.05 Å². The van der Waals surface area contributed by atoms with Crippen molar-refractivity contribution in [2.75, 3.05) is 31.6 Å². The van der Waals surface area contributed by atoms with Crippen molar-refractivity contribution in [3.05, 3.63) is 11.3 Å². The predicted octanol–water partition coefficient (Wildman–Crippen LogP) is -0.0367. The monoisotopic (exact) mass is 266 g/mol. The van der Waals surface area contributed by atoms with Gasteiger partial charge in [0.25, 0.3) is 0 Å². The van der Waals surface area contributed by atoms with Crippen molar-refractivity contribution >= 4 is 11.7 Å². The number of aryl methyl sites for hydroxylation is 2. The lowest BCUT2D eigenvalue weighted by molar-refractivity contribution is 0.232. The maximum atomic E-state index is 8.94. The summed E-state index contributed by atoms with van der Waals surface area (Å²) in [7, 11) is 4.01. The third-order valence-electron chi connectivity index (χ3n) is 3.82. The molecule has 1 fully saturated rings. The molecule has 7 nitrogen and oxygen atoms in total. The Labute approximate surface area is 113 Å². The zero-order valence-corrected chi connectivity index (χ0v) is 12.0. The Morgan fingerprint density at radius 2 is 2.11 bits per heavy atom. The van der Waals surface area contributed by atoms with Crippen LogP contribution in [0, 0.1) is 6.92 Å². The second-order valence-electron chi connectivity index (χ2n) is 5.17. The highest BCUT2D eigenvalue weighted by Crippen LogP contribution is 2.25. The van der Waals surface area contributed by atoms with Gasteiger partial charge in [-0.1, -0.05) is 5.16 Å². The molecule has 7 heteroatoms. The third-order valence-corrected chi connectivity index (χ3v) is 3.82. The van der Waals surface area contributed by atoms with Crippen LogP contribution in [-0.4, -0.2) is 58.4 Å². The molecular weight excluding hydrogens is 244 g/mol. The van der Waals surface area contributed by atoms with Crippen LogP contribution in [0.2, 0.25) is 0 Å². The van der Waals surface area contributed by atoms with Crippen LogP contribution in [0.15, 0.2) is 5.16 Å². The van der Waals surface area contributed by atoms with Gasteiger partial charge in [0.1, 0.15) is 5.82 Å². The molecule has 106 valence electrons. The average molecular weight is 266 g/mol. The quantitative estimate of drug-likeness (QED) is 0.340. The van der Waals surface area contributed by atoms with E-state index in [0.29, 0.717) is 6.04 Å². The molecule has 1 aromatic rings. The highest BCUT2D eigenvalue weighted by molar-refractivity contribution is 6.02. The van der Waals surface area contributed by atoms with E-state index in [0.717, 1.165) is 36.7 Å². The first kappa shape index (κ1) is 13.7. The van der Waals surface area contributed by atoms with E-state index in [2.05, 4.69) is 34.0 Å². The van der Waals surface area contributed by atoms with Crippen molar-refractivity contribution < 1.29 is 5.21 Å². The summed E-state index contributed by atoms with van der Waals surface area (Å²) in [5.41, 5.74) is 7.29. The largest absolute Gasteiger partial charge is 0.409 e. The topological polar surface area (TPSA) is 82.9 Å².